The van der Waals surface area contributed by atoms with Gasteiger partial charge in [-0.05, 0) is 48.6 Å². The van der Waals surface area contributed by atoms with Crippen molar-refractivity contribution in [2.24, 2.45) is 0 Å². The van der Waals surface area contributed by atoms with E-state index in [0.717, 1.165) is 11.3 Å². The first-order valence-electron chi connectivity index (χ1n) is 9.17. The Labute approximate surface area is 165 Å². The van der Waals surface area contributed by atoms with Crippen LogP contribution in [0.2, 0.25) is 0 Å². The third-order valence-corrected chi connectivity index (χ3v) is 4.71. The molecule has 2 N–H and O–H groups in total. The lowest BCUT2D eigenvalue weighted by Crippen LogP contribution is -2.46. The molecule has 0 fully saturated rings. The van der Waals surface area contributed by atoms with Gasteiger partial charge in [-0.15, -0.1) is 0 Å². The number of nitrogens with one attached hydrogen (secondary N) is 2. The molecule has 0 aromatic heterocycles. The molecule has 5 nitrogen and oxygen atoms in total. The van der Waals surface area contributed by atoms with Crippen LogP contribution in [-0.2, 0) is 20.9 Å². The Hall–Kier alpha value is -2.05. The van der Waals surface area contributed by atoms with E-state index in [1.807, 2.05) is 24.5 Å². The van der Waals surface area contributed by atoms with Gasteiger partial charge in [0.2, 0.25) is 5.91 Å². The van der Waals surface area contributed by atoms with Gasteiger partial charge >= 0.3 is 5.97 Å². The largest absolute Gasteiger partial charge is 0.461 e. The molecule has 0 heterocycles. The maximum Gasteiger partial charge on any atom is 0.328 e. The highest BCUT2D eigenvalue weighted by molar-refractivity contribution is 7.98. The summed E-state index contributed by atoms with van der Waals surface area (Å²) < 4.78 is 5.25. The van der Waals surface area contributed by atoms with E-state index in [-0.39, 0.29) is 24.5 Å². The molecule has 1 amide bonds. The molecule has 2 aromatic carbocycles. The summed E-state index contributed by atoms with van der Waals surface area (Å²) >= 11 is 1.63. The number of amides is 1. The van der Waals surface area contributed by atoms with E-state index in [4.69, 9.17) is 4.74 Å². The van der Waals surface area contributed by atoms with E-state index < -0.39 is 6.04 Å². The Balaban J connectivity index is 1.88. The molecule has 0 aliphatic rings. The minimum absolute atomic E-state index is 0.147. The Bertz CT molecular complexity index is 759. The average molecular weight is 389 g/mol. The monoisotopic (exact) mass is 388 g/mol. The van der Waals surface area contributed by atoms with Gasteiger partial charge in [-0.2, -0.15) is 11.8 Å². The van der Waals surface area contributed by atoms with Crippen LogP contribution in [0.1, 0.15) is 25.8 Å². The molecule has 0 saturated carbocycles. The quantitative estimate of drug-likeness (QED) is 0.612. The summed E-state index contributed by atoms with van der Waals surface area (Å²) in [6.07, 6.45) is 2.33. The number of benzene rings is 2. The molecule has 27 heavy (non-hydrogen) atoms. The molecule has 0 saturated heterocycles. The molecular formula is C21H28N2O3S. The lowest BCUT2D eigenvalue weighted by molar-refractivity contribution is -0.151. The fraction of sp³-hybridized carbons (Fsp3) is 0.429. The normalized spacial score (nSPS) is 12.1. The topological polar surface area (TPSA) is 67.4 Å². The van der Waals surface area contributed by atoms with Gasteiger partial charge in [-0.3, -0.25) is 4.79 Å². The first-order chi connectivity index (χ1) is 13.0. The van der Waals surface area contributed by atoms with Crippen molar-refractivity contribution >= 4 is 34.4 Å². The molecule has 0 aliphatic heterocycles. The zero-order valence-corrected chi connectivity index (χ0v) is 17.0. The van der Waals surface area contributed by atoms with Crippen molar-refractivity contribution < 1.29 is 14.3 Å². The molecule has 0 unspecified atom stereocenters. The fourth-order valence-corrected chi connectivity index (χ4v) is 3.27. The molecule has 2 rings (SSSR count). The highest BCUT2D eigenvalue weighted by atomic mass is 32.2. The molecule has 2 aromatic rings. The van der Waals surface area contributed by atoms with Crippen LogP contribution in [0, 0.1) is 0 Å². The van der Waals surface area contributed by atoms with Gasteiger partial charge in [0.1, 0.15) is 6.04 Å². The van der Waals surface area contributed by atoms with Crippen molar-refractivity contribution in [3.8, 4) is 0 Å². The smallest absolute Gasteiger partial charge is 0.328 e. The average Bonchev–Trinajstić information content (AvgIpc) is 2.64. The highest BCUT2D eigenvalue weighted by Gasteiger charge is 2.22. The molecule has 1 atom stereocenters. The zero-order valence-electron chi connectivity index (χ0n) is 16.2. The number of esters is 1. The summed E-state index contributed by atoms with van der Waals surface area (Å²) in [6.45, 7) is 4.34. The van der Waals surface area contributed by atoms with Crippen molar-refractivity contribution in [3.63, 3.8) is 0 Å². The summed E-state index contributed by atoms with van der Waals surface area (Å²) in [6, 6.07) is 13.7. The van der Waals surface area contributed by atoms with Gasteiger partial charge in [0.25, 0.3) is 0 Å². The Morgan fingerprint density at radius 3 is 2.59 bits per heavy atom. The number of thioether (sulfide) groups is 1. The van der Waals surface area contributed by atoms with Crippen LogP contribution < -0.4 is 10.6 Å². The van der Waals surface area contributed by atoms with Crippen LogP contribution in [0.5, 0.6) is 0 Å². The van der Waals surface area contributed by atoms with Crippen molar-refractivity contribution in [2.45, 2.75) is 39.0 Å². The van der Waals surface area contributed by atoms with E-state index >= 15 is 0 Å². The van der Waals surface area contributed by atoms with Gasteiger partial charge in [-0.25, -0.2) is 4.79 Å². The maximum atomic E-state index is 12.3. The SMILES string of the molecule is CSCC[C@H](NC(=O)CNCc1cccc2ccccc12)C(=O)OC(C)C. The fourth-order valence-electron chi connectivity index (χ4n) is 2.80. The summed E-state index contributed by atoms with van der Waals surface area (Å²) in [5, 5.41) is 8.30. The number of carbonyl (C=O) groups excluding carboxylic acids is 2. The standard InChI is InChI=1S/C21H28N2O3S/c1-15(2)26-21(25)19(11-12-27-3)23-20(24)14-22-13-17-9-6-8-16-7-4-5-10-18(16)17/h4-10,15,19,22H,11-14H2,1-3H3,(H,23,24)/t19-/m0/s1. The molecule has 0 bridgehead atoms. The zero-order chi connectivity index (χ0) is 19.6. The summed E-state index contributed by atoms with van der Waals surface area (Å²) in [5.74, 6) is 0.199. The minimum Gasteiger partial charge on any atom is -0.461 e. The summed E-state index contributed by atoms with van der Waals surface area (Å²) in [4.78, 5) is 24.4. The summed E-state index contributed by atoms with van der Waals surface area (Å²) in [7, 11) is 0. The number of hydrogen-bond acceptors (Lipinski definition) is 5. The Kier molecular flexibility index (Phi) is 8.61. The minimum atomic E-state index is -0.605. The van der Waals surface area contributed by atoms with Gasteiger partial charge in [-0.1, -0.05) is 42.5 Å². The van der Waals surface area contributed by atoms with Crippen LogP contribution in [0.25, 0.3) is 10.8 Å². The number of carbonyl (C=O) groups is 2. The van der Waals surface area contributed by atoms with E-state index in [1.54, 1.807) is 25.6 Å². The van der Waals surface area contributed by atoms with Crippen LogP contribution >= 0.6 is 11.8 Å². The van der Waals surface area contributed by atoms with Crippen molar-refractivity contribution in [1.29, 1.82) is 0 Å². The van der Waals surface area contributed by atoms with Crippen molar-refractivity contribution in [2.75, 3.05) is 18.6 Å². The molecule has 146 valence electrons. The van der Waals surface area contributed by atoms with E-state index in [9.17, 15) is 9.59 Å². The van der Waals surface area contributed by atoms with Crippen LogP contribution in [0.15, 0.2) is 42.5 Å². The predicted octanol–water partition coefficient (Wildman–Crippen LogP) is 3.12. The molecule has 6 heteroatoms. The second-order valence-corrected chi connectivity index (χ2v) is 7.61. The number of hydrogen-bond donors (Lipinski definition) is 2. The van der Waals surface area contributed by atoms with Crippen molar-refractivity contribution in [1.82, 2.24) is 10.6 Å². The van der Waals surface area contributed by atoms with Gasteiger partial charge in [0.05, 0.1) is 12.6 Å². The lowest BCUT2D eigenvalue weighted by Gasteiger charge is -2.19. The molecule has 0 spiro atoms. The number of ether oxygens (including phenoxy) is 1. The van der Waals surface area contributed by atoms with Crippen LogP contribution in [-0.4, -0.2) is 42.6 Å². The first-order valence-corrected chi connectivity index (χ1v) is 10.6. The third kappa shape index (κ3) is 6.88. The second-order valence-electron chi connectivity index (χ2n) is 6.63. The molecule has 0 aliphatic carbocycles. The maximum absolute atomic E-state index is 12.3. The van der Waals surface area contributed by atoms with Crippen LogP contribution in [0.3, 0.4) is 0 Å². The van der Waals surface area contributed by atoms with Gasteiger partial charge in [0, 0.05) is 6.54 Å². The molecular weight excluding hydrogens is 360 g/mol. The Morgan fingerprint density at radius 1 is 1.11 bits per heavy atom. The second kappa shape index (κ2) is 10.9. The van der Waals surface area contributed by atoms with Crippen molar-refractivity contribution in [3.05, 3.63) is 48.0 Å². The lowest BCUT2D eigenvalue weighted by atomic mass is 10.0. The third-order valence-electron chi connectivity index (χ3n) is 4.06. The number of rotatable bonds is 10. The van der Waals surface area contributed by atoms with E-state index in [2.05, 4.69) is 34.9 Å². The Morgan fingerprint density at radius 2 is 1.85 bits per heavy atom. The highest BCUT2D eigenvalue weighted by Crippen LogP contribution is 2.18. The van der Waals surface area contributed by atoms with E-state index in [1.165, 1.54) is 10.8 Å². The molecule has 0 radical (unpaired) electrons. The number of fused-ring (bicyclic) bond motifs is 1. The van der Waals surface area contributed by atoms with Gasteiger partial charge in [0.15, 0.2) is 0 Å². The first kappa shape index (κ1) is 21.3. The summed E-state index contributed by atoms with van der Waals surface area (Å²) in [5.41, 5.74) is 1.14. The van der Waals surface area contributed by atoms with Crippen LogP contribution in [0.4, 0.5) is 0 Å². The predicted molar refractivity (Wildman–Crippen MR) is 112 cm³/mol. The van der Waals surface area contributed by atoms with Gasteiger partial charge < -0.3 is 15.4 Å². The van der Waals surface area contributed by atoms with E-state index in [0.29, 0.717) is 13.0 Å².